The minimum absolute atomic E-state index is 0.104. The Hall–Kier alpha value is -4.24. The molecule has 0 aliphatic heterocycles. The molecule has 0 heterocycles. The zero-order chi connectivity index (χ0) is 37.0. The number of esters is 8. The molecule has 0 amide bonds. The third-order valence-electron chi connectivity index (χ3n) is 5.85. The van der Waals surface area contributed by atoms with Gasteiger partial charge in [-0.25, -0.2) is 0 Å². The van der Waals surface area contributed by atoms with Crippen LogP contribution < -0.4 is 0 Å². The first-order valence-electron chi connectivity index (χ1n) is 15.8. The minimum atomic E-state index is -0.891. The smallest absolute Gasteiger partial charge is 0.309 e. The van der Waals surface area contributed by atoms with Crippen LogP contribution in [0.5, 0.6) is 0 Å². The molecule has 0 aliphatic rings. The highest BCUT2D eigenvalue weighted by atomic mass is 16.6. The van der Waals surface area contributed by atoms with Gasteiger partial charge in [-0.05, 0) is 55.4 Å². The predicted molar refractivity (Wildman–Crippen MR) is 164 cm³/mol. The molecule has 0 aliphatic carbocycles. The van der Waals surface area contributed by atoms with E-state index in [2.05, 4.69) is 0 Å². The van der Waals surface area contributed by atoms with E-state index in [-0.39, 0.29) is 51.6 Å². The Morgan fingerprint density at radius 1 is 0.354 bits per heavy atom. The molecule has 0 spiro atoms. The van der Waals surface area contributed by atoms with Crippen molar-refractivity contribution >= 4 is 47.8 Å². The molecule has 16 heteroatoms. The van der Waals surface area contributed by atoms with Gasteiger partial charge in [0, 0.05) is 6.92 Å². The van der Waals surface area contributed by atoms with E-state index >= 15 is 0 Å². The molecule has 0 fully saturated rings. The summed E-state index contributed by atoms with van der Waals surface area (Å²) >= 11 is 0. The normalized spacial score (nSPS) is 15.1. The van der Waals surface area contributed by atoms with E-state index < -0.39 is 90.5 Å². The van der Waals surface area contributed by atoms with Crippen molar-refractivity contribution in [3.8, 4) is 0 Å². The van der Waals surface area contributed by atoms with Crippen LogP contribution in [0.3, 0.4) is 0 Å². The first kappa shape index (κ1) is 43.8. The molecule has 0 saturated heterocycles. The lowest BCUT2D eigenvalue weighted by Gasteiger charge is -2.19. The van der Waals surface area contributed by atoms with Crippen molar-refractivity contribution in [1.82, 2.24) is 0 Å². The minimum Gasteiger partial charge on any atom is -0.466 e. The number of ether oxygens (including phenoxy) is 8. The van der Waals surface area contributed by atoms with Crippen LogP contribution in [-0.4, -0.2) is 97.1 Å². The zero-order valence-corrected chi connectivity index (χ0v) is 29.2. The molecule has 0 bridgehead atoms. The third kappa shape index (κ3) is 23.1. The number of hydrogen-bond acceptors (Lipinski definition) is 16. The lowest BCUT2D eigenvalue weighted by molar-refractivity contribution is -0.163. The van der Waals surface area contributed by atoms with E-state index in [1.807, 2.05) is 0 Å². The highest BCUT2D eigenvalue weighted by molar-refractivity contribution is 5.76. The predicted octanol–water partition coefficient (Wildman–Crippen LogP) is 2.82. The molecule has 7 atom stereocenters. The Labute approximate surface area is 280 Å². The second kappa shape index (κ2) is 23.1. The summed E-state index contributed by atoms with van der Waals surface area (Å²) in [5.74, 6) is -5.29. The second-order valence-electron chi connectivity index (χ2n) is 11.5. The van der Waals surface area contributed by atoms with Crippen molar-refractivity contribution in [3.63, 3.8) is 0 Å². The summed E-state index contributed by atoms with van der Waals surface area (Å²) in [5, 5.41) is 0. The van der Waals surface area contributed by atoms with Gasteiger partial charge in [0.1, 0.15) is 42.7 Å². The second-order valence-corrected chi connectivity index (χ2v) is 11.5. The molecule has 0 aromatic rings. The van der Waals surface area contributed by atoms with Crippen LogP contribution in [0.1, 0.15) is 107 Å². The zero-order valence-electron chi connectivity index (χ0n) is 29.2. The summed E-state index contributed by atoms with van der Waals surface area (Å²) in [6.45, 7) is 13.5. The Morgan fingerprint density at radius 3 is 0.729 bits per heavy atom. The van der Waals surface area contributed by atoms with E-state index in [0.717, 1.165) is 0 Å². The molecule has 274 valence electrons. The summed E-state index contributed by atoms with van der Waals surface area (Å²) in [6.07, 6.45) is -7.43. The van der Waals surface area contributed by atoms with Crippen LogP contribution in [0.4, 0.5) is 0 Å². The average Bonchev–Trinajstić information content (AvgIpc) is 2.86. The van der Waals surface area contributed by atoms with Crippen LogP contribution >= 0.6 is 0 Å². The van der Waals surface area contributed by atoms with Gasteiger partial charge in [0.2, 0.25) is 0 Å². The van der Waals surface area contributed by atoms with Crippen LogP contribution in [0, 0.1) is 0 Å². The van der Waals surface area contributed by atoms with Gasteiger partial charge in [0.15, 0.2) is 0 Å². The quantitative estimate of drug-likeness (QED) is 0.118. The number of carbonyl (C=O) groups is 8. The monoisotopic (exact) mass is 690 g/mol. The fourth-order valence-electron chi connectivity index (χ4n) is 4.07. The maximum absolute atomic E-state index is 12.3. The van der Waals surface area contributed by atoms with E-state index in [0.29, 0.717) is 0 Å². The maximum atomic E-state index is 12.3. The Balaban J connectivity index is 4.39. The molecular formula is C32H50O16. The molecule has 16 nitrogen and oxygen atoms in total. The molecular weight excluding hydrogens is 640 g/mol. The van der Waals surface area contributed by atoms with E-state index in [1.165, 1.54) is 55.4 Å². The molecule has 48 heavy (non-hydrogen) atoms. The third-order valence-corrected chi connectivity index (χ3v) is 5.85. The molecule has 0 radical (unpaired) electrons. The average molecular weight is 691 g/mol. The number of hydrogen-bond donors (Lipinski definition) is 0. The fraction of sp³-hybridized carbons (Fsp3) is 0.750. The number of rotatable bonds is 22. The van der Waals surface area contributed by atoms with Crippen molar-refractivity contribution in [2.45, 2.75) is 150 Å². The summed E-state index contributed by atoms with van der Waals surface area (Å²) in [6, 6.07) is 0. The molecule has 0 N–H and O–H groups in total. The van der Waals surface area contributed by atoms with Crippen molar-refractivity contribution in [2.75, 3.05) is 6.61 Å². The van der Waals surface area contributed by atoms with Gasteiger partial charge in [-0.15, -0.1) is 0 Å². The summed E-state index contributed by atoms with van der Waals surface area (Å²) in [7, 11) is 0. The summed E-state index contributed by atoms with van der Waals surface area (Å²) in [5.41, 5.74) is 0. The SMILES string of the molecule is CCOC(=O)C[C@@H](C)OC(=O)C[C@@H](C)OC(=O)C[C@@H](C)OC(=O)C[C@@H](C)OC(=O)C[C@@H](C)OC(=O)C[C@@H](C)OC(=O)C[C@@H](C)OC(C)=O. The van der Waals surface area contributed by atoms with Crippen molar-refractivity contribution in [3.05, 3.63) is 0 Å². The molecule has 0 aromatic heterocycles. The Kier molecular flexibility index (Phi) is 21.1. The van der Waals surface area contributed by atoms with Gasteiger partial charge in [-0.2, -0.15) is 0 Å². The van der Waals surface area contributed by atoms with Crippen LogP contribution in [0.2, 0.25) is 0 Å². The van der Waals surface area contributed by atoms with Gasteiger partial charge in [-0.1, -0.05) is 0 Å². The van der Waals surface area contributed by atoms with Gasteiger partial charge in [0.05, 0.1) is 51.6 Å². The summed E-state index contributed by atoms with van der Waals surface area (Å²) in [4.78, 5) is 95.3. The van der Waals surface area contributed by atoms with E-state index in [1.54, 1.807) is 6.92 Å². The first-order valence-corrected chi connectivity index (χ1v) is 15.8. The Morgan fingerprint density at radius 2 is 0.542 bits per heavy atom. The highest BCUT2D eigenvalue weighted by Crippen LogP contribution is 2.12. The fourth-order valence-corrected chi connectivity index (χ4v) is 4.07. The molecule has 0 rings (SSSR count). The maximum Gasteiger partial charge on any atom is 0.309 e. The largest absolute Gasteiger partial charge is 0.466 e. The van der Waals surface area contributed by atoms with Crippen molar-refractivity contribution < 1.29 is 76.3 Å². The molecule has 0 saturated carbocycles. The van der Waals surface area contributed by atoms with Crippen molar-refractivity contribution in [1.29, 1.82) is 0 Å². The Bertz CT molecular complexity index is 1100. The summed E-state index contributed by atoms with van der Waals surface area (Å²) < 4.78 is 40.6. The van der Waals surface area contributed by atoms with Crippen molar-refractivity contribution in [2.24, 2.45) is 0 Å². The lowest BCUT2D eigenvalue weighted by atomic mass is 10.2. The van der Waals surface area contributed by atoms with Gasteiger partial charge >= 0.3 is 47.8 Å². The van der Waals surface area contributed by atoms with Gasteiger partial charge in [-0.3, -0.25) is 38.4 Å². The van der Waals surface area contributed by atoms with Crippen LogP contribution in [0.15, 0.2) is 0 Å². The van der Waals surface area contributed by atoms with Crippen LogP contribution in [0.25, 0.3) is 0 Å². The number of carbonyl (C=O) groups excluding carboxylic acids is 8. The van der Waals surface area contributed by atoms with Gasteiger partial charge in [0.25, 0.3) is 0 Å². The molecule has 0 unspecified atom stereocenters. The standard InChI is InChI=1S/C32H50O16/c1-10-41-26(34)11-19(3)43-28(36)13-21(5)45-30(38)15-23(7)47-32(40)17-24(8)48-31(39)16-22(6)46-29(37)14-20(4)44-27(35)12-18(2)42-25(9)33/h18-24H,10-17H2,1-9H3/t18-,19-,20-,21-,22-,23-,24-/m1/s1. The van der Waals surface area contributed by atoms with E-state index in [4.69, 9.17) is 37.9 Å². The van der Waals surface area contributed by atoms with E-state index in [9.17, 15) is 38.4 Å². The topological polar surface area (TPSA) is 210 Å². The van der Waals surface area contributed by atoms with Crippen LogP contribution in [-0.2, 0) is 76.3 Å². The lowest BCUT2D eigenvalue weighted by Crippen LogP contribution is -2.28. The first-order chi connectivity index (χ1) is 22.3. The molecule has 0 aromatic carbocycles. The highest BCUT2D eigenvalue weighted by Gasteiger charge is 2.24. The van der Waals surface area contributed by atoms with Gasteiger partial charge < -0.3 is 37.9 Å².